The van der Waals surface area contributed by atoms with E-state index in [2.05, 4.69) is 32.9 Å². The van der Waals surface area contributed by atoms with E-state index in [1.165, 1.54) is 0 Å². The molecule has 0 aromatic heterocycles. The van der Waals surface area contributed by atoms with Crippen LogP contribution in [0.5, 0.6) is 0 Å². The van der Waals surface area contributed by atoms with Gasteiger partial charge >= 0.3 is 0 Å². The minimum Gasteiger partial charge on any atom is -0.550 e. The lowest BCUT2D eigenvalue weighted by atomic mass is 10.1. The molecule has 0 rings (SSSR count). The molecule has 0 saturated carbocycles. The van der Waals surface area contributed by atoms with Crippen LogP contribution in [0, 0.1) is 0 Å². The van der Waals surface area contributed by atoms with Gasteiger partial charge in [0.1, 0.15) is 12.6 Å². The Balaban J connectivity index is 4.60. The van der Waals surface area contributed by atoms with Crippen molar-refractivity contribution in [2.24, 2.45) is 0 Å². The Bertz CT molecular complexity index is 296. The van der Waals surface area contributed by atoms with Gasteiger partial charge in [-0.1, -0.05) is 32.9 Å². The summed E-state index contributed by atoms with van der Waals surface area (Å²) in [5.41, 5.74) is 0. The Morgan fingerprint density at radius 1 is 1.14 bits per heavy atom. The molecule has 0 bridgehead atoms. The zero-order valence-electron chi connectivity index (χ0n) is 14.0. The SMILES string of the molecule is CC/C=C/CCC(O)C[N+](CCC)(CCC)CCC(=O)[O-]. The first-order valence-electron chi connectivity index (χ1n) is 8.37. The summed E-state index contributed by atoms with van der Waals surface area (Å²) >= 11 is 0. The number of carbonyl (C=O) groups excluding carboxylic acids is 1. The van der Waals surface area contributed by atoms with Gasteiger partial charge in [-0.3, -0.25) is 0 Å². The van der Waals surface area contributed by atoms with Crippen LogP contribution in [-0.2, 0) is 4.79 Å². The highest BCUT2D eigenvalue weighted by Gasteiger charge is 2.28. The lowest BCUT2D eigenvalue weighted by Crippen LogP contribution is -2.54. The van der Waals surface area contributed by atoms with Crippen molar-refractivity contribution in [2.45, 2.75) is 65.4 Å². The third-order valence-corrected chi connectivity index (χ3v) is 3.85. The zero-order valence-corrected chi connectivity index (χ0v) is 14.0. The highest BCUT2D eigenvalue weighted by molar-refractivity contribution is 5.64. The molecule has 0 spiro atoms. The first-order chi connectivity index (χ1) is 9.99. The van der Waals surface area contributed by atoms with Gasteiger partial charge in [-0.25, -0.2) is 0 Å². The van der Waals surface area contributed by atoms with E-state index in [0.717, 1.165) is 45.2 Å². The maximum atomic E-state index is 10.8. The lowest BCUT2D eigenvalue weighted by molar-refractivity contribution is -0.930. The Labute approximate surface area is 130 Å². The molecular weight excluding hydrogens is 266 g/mol. The number of rotatable bonds is 13. The Morgan fingerprint density at radius 2 is 1.76 bits per heavy atom. The minimum atomic E-state index is -0.995. The molecule has 1 unspecified atom stereocenters. The second-order valence-electron chi connectivity index (χ2n) is 5.93. The number of aliphatic hydroxyl groups excluding tert-OH is 1. The molecule has 0 aromatic rings. The van der Waals surface area contributed by atoms with E-state index in [1.54, 1.807) is 0 Å². The van der Waals surface area contributed by atoms with Crippen molar-refractivity contribution in [3.63, 3.8) is 0 Å². The maximum Gasteiger partial charge on any atom is 0.105 e. The van der Waals surface area contributed by atoms with Gasteiger partial charge in [0.15, 0.2) is 0 Å². The first kappa shape index (κ1) is 20.1. The van der Waals surface area contributed by atoms with Crippen molar-refractivity contribution >= 4 is 5.97 Å². The molecule has 0 aliphatic carbocycles. The van der Waals surface area contributed by atoms with Gasteiger partial charge < -0.3 is 19.5 Å². The summed E-state index contributed by atoms with van der Waals surface area (Å²) in [5, 5.41) is 21.1. The van der Waals surface area contributed by atoms with Crippen molar-refractivity contribution < 1.29 is 19.5 Å². The van der Waals surface area contributed by atoms with Gasteiger partial charge in [-0.05, 0) is 32.1 Å². The fraction of sp³-hybridized carbons (Fsp3) is 0.824. The van der Waals surface area contributed by atoms with Crippen molar-refractivity contribution in [3.05, 3.63) is 12.2 Å². The van der Waals surface area contributed by atoms with Gasteiger partial charge in [0.25, 0.3) is 0 Å². The number of allylic oxidation sites excluding steroid dienone is 2. The van der Waals surface area contributed by atoms with E-state index in [9.17, 15) is 15.0 Å². The predicted octanol–water partition coefficient (Wildman–Crippen LogP) is 1.87. The molecule has 1 atom stereocenters. The summed E-state index contributed by atoms with van der Waals surface area (Å²) in [4.78, 5) is 10.8. The molecule has 4 heteroatoms. The summed E-state index contributed by atoms with van der Waals surface area (Å²) in [6.45, 7) is 9.36. The van der Waals surface area contributed by atoms with Gasteiger partial charge in [-0.2, -0.15) is 0 Å². The molecule has 0 aliphatic rings. The second kappa shape index (κ2) is 11.8. The Morgan fingerprint density at radius 3 is 2.24 bits per heavy atom. The number of nitrogens with zero attached hydrogens (tertiary/aromatic N) is 1. The molecule has 0 amide bonds. The number of carbonyl (C=O) groups is 1. The molecule has 0 radical (unpaired) electrons. The monoisotopic (exact) mass is 299 g/mol. The average molecular weight is 299 g/mol. The summed E-state index contributed by atoms with van der Waals surface area (Å²) in [5.74, 6) is -0.995. The van der Waals surface area contributed by atoms with Crippen LogP contribution in [0.4, 0.5) is 0 Å². The molecule has 124 valence electrons. The first-order valence-corrected chi connectivity index (χ1v) is 8.37. The summed E-state index contributed by atoms with van der Waals surface area (Å²) in [6, 6.07) is 0. The largest absolute Gasteiger partial charge is 0.550 e. The Hall–Kier alpha value is -0.870. The van der Waals surface area contributed by atoms with E-state index in [-0.39, 0.29) is 12.5 Å². The van der Waals surface area contributed by atoms with Gasteiger partial charge in [-0.15, -0.1) is 0 Å². The molecule has 21 heavy (non-hydrogen) atoms. The van der Waals surface area contributed by atoms with Crippen LogP contribution in [0.3, 0.4) is 0 Å². The average Bonchev–Trinajstić information content (AvgIpc) is 2.42. The number of aliphatic hydroxyl groups is 1. The van der Waals surface area contributed by atoms with Crippen LogP contribution in [0.1, 0.15) is 59.3 Å². The van der Waals surface area contributed by atoms with Crippen LogP contribution >= 0.6 is 0 Å². The third-order valence-electron chi connectivity index (χ3n) is 3.85. The molecule has 0 fully saturated rings. The summed E-state index contributed by atoms with van der Waals surface area (Å²) in [7, 11) is 0. The number of hydrogen-bond donors (Lipinski definition) is 1. The normalized spacial score (nSPS) is 13.7. The number of hydrogen-bond acceptors (Lipinski definition) is 3. The zero-order chi connectivity index (χ0) is 16.1. The van der Waals surface area contributed by atoms with Crippen LogP contribution in [0.25, 0.3) is 0 Å². The topological polar surface area (TPSA) is 60.4 Å². The molecule has 0 saturated heterocycles. The maximum absolute atomic E-state index is 10.8. The minimum absolute atomic E-state index is 0.0719. The molecule has 0 heterocycles. The fourth-order valence-electron chi connectivity index (χ4n) is 3.00. The van der Waals surface area contributed by atoms with Crippen LogP contribution < -0.4 is 5.11 Å². The standard InChI is InChI=1S/C17H33NO3/c1-4-7-8-9-10-16(19)15-18(12-5-2,13-6-3)14-11-17(20)21/h7-8,16,19H,4-6,9-15H2,1-3H3/b8-7+. The van der Waals surface area contributed by atoms with E-state index in [1.807, 2.05) is 0 Å². The number of carboxylic acids is 1. The van der Waals surface area contributed by atoms with Gasteiger partial charge in [0, 0.05) is 12.4 Å². The highest BCUT2D eigenvalue weighted by Crippen LogP contribution is 2.15. The quantitative estimate of drug-likeness (QED) is 0.417. The third kappa shape index (κ3) is 9.64. The smallest absolute Gasteiger partial charge is 0.105 e. The van der Waals surface area contributed by atoms with Crippen molar-refractivity contribution in [1.82, 2.24) is 0 Å². The molecule has 0 aliphatic heterocycles. The van der Waals surface area contributed by atoms with Crippen molar-refractivity contribution in [3.8, 4) is 0 Å². The van der Waals surface area contributed by atoms with E-state index < -0.39 is 5.97 Å². The summed E-state index contributed by atoms with van der Waals surface area (Å²) in [6.07, 6.45) is 8.57. The molecule has 4 nitrogen and oxygen atoms in total. The van der Waals surface area contributed by atoms with Crippen molar-refractivity contribution in [2.75, 3.05) is 26.2 Å². The van der Waals surface area contributed by atoms with E-state index in [0.29, 0.717) is 17.6 Å². The van der Waals surface area contributed by atoms with Crippen molar-refractivity contribution in [1.29, 1.82) is 0 Å². The molecule has 0 aromatic carbocycles. The molecular formula is C17H33NO3. The number of carboxylic acid groups (broad SMARTS) is 1. The van der Waals surface area contributed by atoms with Crippen LogP contribution in [0.2, 0.25) is 0 Å². The van der Waals surface area contributed by atoms with Crippen LogP contribution in [0.15, 0.2) is 12.2 Å². The van der Waals surface area contributed by atoms with Gasteiger partial charge in [0.2, 0.25) is 0 Å². The molecule has 1 N–H and O–H groups in total. The second-order valence-corrected chi connectivity index (χ2v) is 5.93. The highest BCUT2D eigenvalue weighted by atomic mass is 16.4. The van der Waals surface area contributed by atoms with E-state index >= 15 is 0 Å². The predicted molar refractivity (Wildman–Crippen MR) is 84.6 cm³/mol. The summed E-state index contributed by atoms with van der Waals surface area (Å²) < 4.78 is 0.694. The number of aliphatic carboxylic acids is 1. The van der Waals surface area contributed by atoms with Gasteiger partial charge in [0.05, 0.1) is 19.6 Å². The van der Waals surface area contributed by atoms with E-state index in [4.69, 9.17) is 0 Å². The fourth-order valence-corrected chi connectivity index (χ4v) is 3.00. The lowest BCUT2D eigenvalue weighted by Gasteiger charge is -2.40. The van der Waals surface area contributed by atoms with Crippen LogP contribution in [-0.4, -0.2) is 47.8 Å². The Kier molecular flexibility index (Phi) is 11.3. The number of quaternary nitrogens is 1.